The summed E-state index contributed by atoms with van der Waals surface area (Å²) < 4.78 is 0. The lowest BCUT2D eigenvalue weighted by Gasteiger charge is -2.41. The third-order valence-corrected chi connectivity index (χ3v) is 7.04. The smallest absolute Gasteiger partial charge is 0.302 e. The molecule has 0 aromatic heterocycles. The first-order valence-electron chi connectivity index (χ1n) is 10.9. The summed E-state index contributed by atoms with van der Waals surface area (Å²) in [5.41, 5.74) is 0.160. The Bertz CT molecular complexity index is 677. The van der Waals surface area contributed by atoms with Gasteiger partial charge in [-0.25, -0.2) is 4.79 Å². The van der Waals surface area contributed by atoms with E-state index in [0.29, 0.717) is 6.42 Å². The molecular formula is C23H32N2O2. The first-order chi connectivity index (χ1) is 13.2. The maximum atomic E-state index is 13.9. The predicted molar refractivity (Wildman–Crippen MR) is 106 cm³/mol. The van der Waals surface area contributed by atoms with E-state index in [-0.39, 0.29) is 24.0 Å². The van der Waals surface area contributed by atoms with Crippen LogP contribution in [0.4, 0.5) is 4.79 Å². The van der Waals surface area contributed by atoms with Gasteiger partial charge in [0.2, 0.25) is 0 Å². The molecule has 1 aliphatic heterocycles. The van der Waals surface area contributed by atoms with Crippen LogP contribution in [0.5, 0.6) is 0 Å². The molecule has 1 unspecified atom stereocenters. The molecule has 3 fully saturated rings. The summed E-state index contributed by atoms with van der Waals surface area (Å²) in [5.74, 6) is 0.0265. The standard InChI is InChI=1S/C23H32N2O2/c1-2-23(18-12-6-3-7-13-18)21(26)24(19-14-8-4-9-15-19)22(27)25(23)20-16-10-5-11-17-20/h3,6-7,12-13,19-20H,2,4-5,8-11,14-17H2,1H3. The molecule has 1 saturated heterocycles. The maximum absolute atomic E-state index is 13.9. The van der Waals surface area contributed by atoms with Gasteiger partial charge < -0.3 is 4.90 Å². The molecule has 1 atom stereocenters. The molecule has 0 spiro atoms. The first kappa shape index (κ1) is 18.5. The van der Waals surface area contributed by atoms with E-state index >= 15 is 0 Å². The second-order valence-electron chi connectivity index (χ2n) is 8.49. The van der Waals surface area contributed by atoms with Crippen LogP contribution in [0.25, 0.3) is 0 Å². The van der Waals surface area contributed by atoms with Crippen LogP contribution < -0.4 is 0 Å². The summed E-state index contributed by atoms with van der Waals surface area (Å²) in [6.07, 6.45) is 11.6. The third-order valence-electron chi connectivity index (χ3n) is 7.04. The quantitative estimate of drug-likeness (QED) is 0.684. The van der Waals surface area contributed by atoms with Crippen molar-refractivity contribution in [3.05, 3.63) is 35.9 Å². The van der Waals surface area contributed by atoms with Crippen molar-refractivity contribution in [2.24, 2.45) is 0 Å². The second-order valence-corrected chi connectivity index (χ2v) is 8.49. The lowest BCUT2D eigenvalue weighted by Crippen LogP contribution is -2.52. The van der Waals surface area contributed by atoms with Crippen LogP contribution in [0.2, 0.25) is 0 Å². The van der Waals surface area contributed by atoms with Crippen LogP contribution in [0, 0.1) is 0 Å². The summed E-state index contributed by atoms with van der Waals surface area (Å²) >= 11 is 0. The van der Waals surface area contributed by atoms with Gasteiger partial charge in [-0.3, -0.25) is 9.69 Å². The second kappa shape index (κ2) is 7.65. The summed E-state index contributed by atoms with van der Waals surface area (Å²) in [6, 6.07) is 10.3. The summed E-state index contributed by atoms with van der Waals surface area (Å²) in [5, 5.41) is 0. The average molecular weight is 369 g/mol. The van der Waals surface area contributed by atoms with Crippen molar-refractivity contribution in [2.75, 3.05) is 0 Å². The van der Waals surface area contributed by atoms with Crippen molar-refractivity contribution in [1.29, 1.82) is 0 Å². The van der Waals surface area contributed by atoms with E-state index in [1.165, 1.54) is 12.8 Å². The Labute approximate surface area is 162 Å². The highest BCUT2D eigenvalue weighted by Gasteiger charge is 2.60. The van der Waals surface area contributed by atoms with E-state index in [0.717, 1.165) is 56.9 Å². The van der Waals surface area contributed by atoms with Crippen molar-refractivity contribution in [1.82, 2.24) is 9.80 Å². The molecule has 3 amide bonds. The van der Waals surface area contributed by atoms with Crippen molar-refractivity contribution in [2.45, 2.75) is 95.2 Å². The molecule has 2 saturated carbocycles. The highest BCUT2D eigenvalue weighted by atomic mass is 16.2. The van der Waals surface area contributed by atoms with Crippen LogP contribution in [-0.4, -0.2) is 33.8 Å². The van der Waals surface area contributed by atoms with Gasteiger partial charge in [0.05, 0.1) is 0 Å². The minimum Gasteiger partial charge on any atom is -0.302 e. The van der Waals surface area contributed by atoms with Gasteiger partial charge in [-0.2, -0.15) is 0 Å². The number of imide groups is 1. The molecule has 1 heterocycles. The monoisotopic (exact) mass is 368 g/mol. The van der Waals surface area contributed by atoms with E-state index < -0.39 is 5.54 Å². The Morgan fingerprint density at radius 3 is 1.96 bits per heavy atom. The molecule has 0 radical (unpaired) electrons. The minimum atomic E-state index is -0.822. The molecule has 0 bridgehead atoms. The van der Waals surface area contributed by atoms with Gasteiger partial charge in [-0.15, -0.1) is 0 Å². The van der Waals surface area contributed by atoms with Crippen LogP contribution in [0.15, 0.2) is 30.3 Å². The summed E-state index contributed by atoms with van der Waals surface area (Å²) in [6.45, 7) is 2.07. The van der Waals surface area contributed by atoms with Crippen molar-refractivity contribution >= 4 is 11.9 Å². The Kier molecular flexibility index (Phi) is 5.25. The highest BCUT2D eigenvalue weighted by Crippen LogP contribution is 2.46. The SMILES string of the molecule is CCC1(c2ccccc2)C(=O)N(C2CCCCC2)C(=O)N1C1CCCCC1. The van der Waals surface area contributed by atoms with E-state index in [1.807, 2.05) is 35.2 Å². The highest BCUT2D eigenvalue weighted by molar-refractivity contribution is 6.08. The van der Waals surface area contributed by atoms with Gasteiger partial charge in [0.25, 0.3) is 5.91 Å². The van der Waals surface area contributed by atoms with E-state index in [2.05, 4.69) is 6.92 Å². The lowest BCUT2D eigenvalue weighted by atomic mass is 9.82. The van der Waals surface area contributed by atoms with Crippen molar-refractivity contribution in [3.8, 4) is 0 Å². The van der Waals surface area contributed by atoms with Gasteiger partial charge in [0.15, 0.2) is 0 Å². The largest absolute Gasteiger partial charge is 0.328 e. The maximum Gasteiger partial charge on any atom is 0.328 e. The minimum absolute atomic E-state index is 0.0236. The summed E-state index contributed by atoms with van der Waals surface area (Å²) in [4.78, 5) is 31.3. The zero-order valence-electron chi connectivity index (χ0n) is 16.5. The normalized spacial score (nSPS) is 28.2. The molecule has 146 valence electrons. The van der Waals surface area contributed by atoms with Crippen molar-refractivity contribution in [3.63, 3.8) is 0 Å². The van der Waals surface area contributed by atoms with E-state index in [1.54, 1.807) is 4.90 Å². The number of nitrogens with zero attached hydrogens (tertiary/aromatic N) is 2. The first-order valence-corrected chi connectivity index (χ1v) is 10.9. The molecule has 1 aromatic rings. The molecule has 4 nitrogen and oxygen atoms in total. The topological polar surface area (TPSA) is 40.6 Å². The van der Waals surface area contributed by atoms with Gasteiger partial charge in [0, 0.05) is 12.1 Å². The Morgan fingerprint density at radius 1 is 0.852 bits per heavy atom. The molecule has 3 aliphatic rings. The molecule has 2 aliphatic carbocycles. The zero-order chi connectivity index (χ0) is 18.9. The van der Waals surface area contributed by atoms with Crippen molar-refractivity contribution < 1.29 is 9.59 Å². The lowest BCUT2D eigenvalue weighted by molar-refractivity contribution is -0.136. The molecule has 1 aromatic carbocycles. The molecule has 4 rings (SSSR count). The number of carbonyl (C=O) groups is 2. The van der Waals surface area contributed by atoms with E-state index in [9.17, 15) is 9.59 Å². The number of hydrogen-bond donors (Lipinski definition) is 0. The fraction of sp³-hybridized carbons (Fsp3) is 0.652. The third kappa shape index (κ3) is 2.97. The Balaban J connectivity index is 1.79. The average Bonchev–Trinajstić information content (AvgIpc) is 2.97. The van der Waals surface area contributed by atoms with Crippen LogP contribution in [0.1, 0.15) is 83.1 Å². The van der Waals surface area contributed by atoms with Gasteiger partial charge in [0.1, 0.15) is 5.54 Å². The number of urea groups is 1. The molecule has 0 N–H and O–H groups in total. The Hall–Kier alpha value is -1.84. The fourth-order valence-electron chi connectivity index (χ4n) is 5.64. The van der Waals surface area contributed by atoms with Crippen LogP contribution >= 0.6 is 0 Å². The Morgan fingerprint density at radius 2 is 1.41 bits per heavy atom. The molecule has 27 heavy (non-hydrogen) atoms. The molecular weight excluding hydrogens is 336 g/mol. The predicted octanol–water partition coefficient (Wildman–Crippen LogP) is 5.22. The van der Waals surface area contributed by atoms with Gasteiger partial charge >= 0.3 is 6.03 Å². The van der Waals surface area contributed by atoms with Gasteiger partial charge in [-0.1, -0.05) is 75.8 Å². The fourth-order valence-corrected chi connectivity index (χ4v) is 5.64. The zero-order valence-corrected chi connectivity index (χ0v) is 16.5. The summed E-state index contributed by atoms with van der Waals surface area (Å²) in [7, 11) is 0. The van der Waals surface area contributed by atoms with Gasteiger partial charge in [-0.05, 0) is 37.7 Å². The molecule has 4 heteroatoms. The van der Waals surface area contributed by atoms with Crippen LogP contribution in [0.3, 0.4) is 0 Å². The number of rotatable bonds is 4. The van der Waals surface area contributed by atoms with Crippen LogP contribution in [-0.2, 0) is 10.3 Å². The number of benzene rings is 1. The van der Waals surface area contributed by atoms with E-state index in [4.69, 9.17) is 0 Å². The number of hydrogen-bond acceptors (Lipinski definition) is 2. The number of amides is 3. The number of carbonyl (C=O) groups excluding carboxylic acids is 2.